The lowest BCUT2D eigenvalue weighted by molar-refractivity contribution is 0.0600. The maximum Gasteiger partial charge on any atom is 0.488 e. The number of hydrogen-bond donors (Lipinski definition) is 0. The Morgan fingerprint density at radius 3 is 2.33 bits per heavy atom. The van der Waals surface area contributed by atoms with Crippen molar-refractivity contribution in [2.75, 3.05) is 7.11 Å². The summed E-state index contributed by atoms with van der Waals surface area (Å²) < 4.78 is 42.4. The van der Waals surface area contributed by atoms with E-state index in [1.165, 1.54) is 19.2 Å². The van der Waals surface area contributed by atoms with E-state index in [1.807, 2.05) is 19.6 Å². The van der Waals surface area contributed by atoms with E-state index >= 15 is 0 Å². The second-order valence-corrected chi connectivity index (χ2v) is 10.9. The summed E-state index contributed by atoms with van der Waals surface area (Å²) in [5, 5.41) is 0. The number of benzene rings is 1. The van der Waals surface area contributed by atoms with Crippen LogP contribution in [0.3, 0.4) is 0 Å². The van der Waals surface area contributed by atoms with Gasteiger partial charge in [-0.3, -0.25) is 0 Å². The van der Waals surface area contributed by atoms with Gasteiger partial charge in [-0.05, 0) is 18.2 Å². The molecule has 1 aromatic rings. The molecule has 0 saturated heterocycles. The summed E-state index contributed by atoms with van der Waals surface area (Å²) >= 11 is 0. The number of hydrogen-bond acceptors (Lipinski definition) is 5. The molecule has 0 amide bonds. The summed E-state index contributed by atoms with van der Waals surface area (Å²) in [6.07, 6.45) is 0. The summed E-state index contributed by atoms with van der Waals surface area (Å²) in [6, 6.07) is 3.75. The van der Waals surface area contributed by atoms with Crippen LogP contribution in [-0.4, -0.2) is 29.6 Å². The van der Waals surface area contributed by atoms with Crippen molar-refractivity contribution >= 4 is 24.5 Å². The average molecular weight is 330 g/mol. The third kappa shape index (κ3) is 6.42. The fourth-order valence-electron chi connectivity index (χ4n) is 1.33. The number of methoxy groups -OCH3 is 1. The summed E-state index contributed by atoms with van der Waals surface area (Å²) in [4.78, 5) is 11.5. The smallest absolute Gasteiger partial charge is 0.465 e. The van der Waals surface area contributed by atoms with Gasteiger partial charge in [-0.1, -0.05) is 29.4 Å². The van der Waals surface area contributed by atoms with E-state index < -0.39 is 24.5 Å². The van der Waals surface area contributed by atoms with Gasteiger partial charge in [0.25, 0.3) is 0 Å². The highest BCUT2D eigenvalue weighted by atomic mass is 32.3. The molecule has 0 fully saturated rings. The van der Waals surface area contributed by atoms with Crippen LogP contribution in [0.1, 0.15) is 15.9 Å². The van der Waals surface area contributed by atoms with Gasteiger partial charge in [0.05, 0.1) is 12.7 Å². The monoisotopic (exact) mass is 330 g/mol. The minimum atomic E-state index is -5.18. The molecular formula is C13H15FO5SSi. The van der Waals surface area contributed by atoms with Crippen molar-refractivity contribution in [2.24, 2.45) is 0 Å². The van der Waals surface area contributed by atoms with E-state index in [4.69, 9.17) is 0 Å². The first-order valence-electron chi connectivity index (χ1n) is 5.91. The fourth-order valence-corrected chi connectivity index (χ4v) is 2.18. The molecule has 0 spiro atoms. The quantitative estimate of drug-likeness (QED) is 0.368. The third-order valence-electron chi connectivity index (χ3n) is 2.11. The molecule has 0 aliphatic rings. The van der Waals surface area contributed by atoms with Gasteiger partial charge in [0.15, 0.2) is 0 Å². The van der Waals surface area contributed by atoms with Gasteiger partial charge in [0, 0.05) is 5.56 Å². The molecule has 0 aliphatic heterocycles. The second-order valence-electron chi connectivity index (χ2n) is 5.21. The second kappa shape index (κ2) is 6.28. The predicted molar refractivity (Wildman–Crippen MR) is 78.7 cm³/mol. The number of carbonyl (C=O) groups excluding carboxylic acids is 1. The van der Waals surface area contributed by atoms with E-state index in [1.54, 1.807) is 0 Å². The Morgan fingerprint density at radius 2 is 1.86 bits per heavy atom. The largest absolute Gasteiger partial charge is 0.488 e. The molecule has 0 unspecified atom stereocenters. The molecule has 0 aliphatic carbocycles. The predicted octanol–water partition coefficient (Wildman–Crippen LogP) is 2.30. The van der Waals surface area contributed by atoms with Crippen LogP contribution in [0.15, 0.2) is 18.2 Å². The molecule has 0 aromatic heterocycles. The minimum absolute atomic E-state index is 0.0264. The molecule has 1 aromatic carbocycles. The minimum Gasteiger partial charge on any atom is -0.465 e. The zero-order valence-corrected chi connectivity index (χ0v) is 13.9. The highest BCUT2D eigenvalue weighted by Gasteiger charge is 2.15. The van der Waals surface area contributed by atoms with Gasteiger partial charge in [0.1, 0.15) is 13.8 Å². The van der Waals surface area contributed by atoms with Crippen LogP contribution in [-0.2, 0) is 15.2 Å². The molecular weight excluding hydrogens is 315 g/mol. The standard InChI is InChI=1S/C13H15FO5SSi/c1-18-13(15)11-7-10(5-6-21(2,3)4)8-12(9-11)19-20(14,16)17/h7-9H,1-4H3. The molecule has 0 saturated carbocycles. The molecule has 5 nitrogen and oxygen atoms in total. The highest BCUT2D eigenvalue weighted by molar-refractivity contribution is 7.81. The van der Waals surface area contributed by atoms with Crippen LogP contribution >= 0.6 is 0 Å². The van der Waals surface area contributed by atoms with Crippen LogP contribution in [0.2, 0.25) is 19.6 Å². The highest BCUT2D eigenvalue weighted by Crippen LogP contribution is 2.20. The lowest BCUT2D eigenvalue weighted by Crippen LogP contribution is -2.16. The van der Waals surface area contributed by atoms with Crippen LogP contribution < -0.4 is 4.18 Å². The normalized spacial score (nSPS) is 11.3. The van der Waals surface area contributed by atoms with Gasteiger partial charge in [-0.15, -0.1) is 5.54 Å². The molecule has 114 valence electrons. The van der Waals surface area contributed by atoms with Gasteiger partial charge in [-0.2, -0.15) is 8.42 Å². The molecule has 0 heterocycles. The van der Waals surface area contributed by atoms with Crippen molar-refractivity contribution in [3.8, 4) is 17.2 Å². The molecule has 0 bridgehead atoms. The third-order valence-corrected chi connectivity index (χ3v) is 3.37. The first kappa shape index (κ1) is 17.2. The Hall–Kier alpha value is -1.85. The van der Waals surface area contributed by atoms with Crippen molar-refractivity contribution in [2.45, 2.75) is 19.6 Å². The van der Waals surface area contributed by atoms with Crippen molar-refractivity contribution in [1.29, 1.82) is 0 Å². The molecule has 8 heteroatoms. The van der Waals surface area contributed by atoms with Crippen molar-refractivity contribution in [3.63, 3.8) is 0 Å². The Kier molecular flexibility index (Phi) is 5.14. The van der Waals surface area contributed by atoms with Crippen LogP contribution in [0.4, 0.5) is 3.89 Å². The van der Waals surface area contributed by atoms with E-state index in [2.05, 4.69) is 20.4 Å². The van der Waals surface area contributed by atoms with Gasteiger partial charge < -0.3 is 8.92 Å². The van der Waals surface area contributed by atoms with Gasteiger partial charge in [-0.25, -0.2) is 4.79 Å². The topological polar surface area (TPSA) is 69.7 Å². The molecule has 0 N–H and O–H groups in total. The van der Waals surface area contributed by atoms with Gasteiger partial charge >= 0.3 is 16.5 Å². The number of halogens is 1. The number of carbonyl (C=O) groups is 1. The Labute approximate surface area is 124 Å². The molecule has 0 radical (unpaired) electrons. The van der Waals surface area contributed by atoms with Crippen LogP contribution in [0, 0.1) is 11.5 Å². The van der Waals surface area contributed by atoms with Crippen LogP contribution in [0.5, 0.6) is 5.75 Å². The summed E-state index contributed by atoms with van der Waals surface area (Å²) in [7, 11) is -5.67. The fraction of sp³-hybridized carbons (Fsp3) is 0.308. The Balaban J connectivity index is 3.33. The Bertz CT molecular complexity index is 710. The molecule has 1 rings (SSSR count). The Morgan fingerprint density at radius 1 is 1.24 bits per heavy atom. The number of rotatable bonds is 3. The van der Waals surface area contributed by atoms with E-state index in [0.29, 0.717) is 5.56 Å². The molecule has 21 heavy (non-hydrogen) atoms. The zero-order valence-electron chi connectivity index (χ0n) is 12.1. The zero-order chi connectivity index (χ0) is 16.3. The van der Waals surface area contributed by atoms with Crippen molar-refractivity contribution in [1.82, 2.24) is 0 Å². The van der Waals surface area contributed by atoms with Crippen molar-refractivity contribution in [3.05, 3.63) is 29.3 Å². The number of esters is 1. The lowest BCUT2D eigenvalue weighted by Gasteiger charge is -2.06. The van der Waals surface area contributed by atoms with Crippen LogP contribution in [0.25, 0.3) is 0 Å². The van der Waals surface area contributed by atoms with E-state index in [-0.39, 0.29) is 11.3 Å². The summed E-state index contributed by atoms with van der Waals surface area (Å²) in [6.45, 7) is 6.06. The maximum absolute atomic E-state index is 12.6. The molecule has 0 atom stereocenters. The summed E-state index contributed by atoms with van der Waals surface area (Å²) in [5.74, 6) is 1.80. The van der Waals surface area contributed by atoms with E-state index in [0.717, 1.165) is 6.07 Å². The lowest BCUT2D eigenvalue weighted by atomic mass is 10.1. The number of ether oxygens (including phenoxy) is 1. The first-order valence-corrected chi connectivity index (χ1v) is 10.7. The summed E-state index contributed by atoms with van der Waals surface area (Å²) in [5.41, 5.74) is 3.42. The van der Waals surface area contributed by atoms with Crippen molar-refractivity contribution < 1.29 is 26.0 Å². The first-order chi connectivity index (χ1) is 9.50. The van der Waals surface area contributed by atoms with E-state index in [9.17, 15) is 17.1 Å². The average Bonchev–Trinajstić information content (AvgIpc) is 2.32. The van der Waals surface area contributed by atoms with Gasteiger partial charge in [0.2, 0.25) is 0 Å². The maximum atomic E-state index is 12.6. The SMILES string of the molecule is COC(=O)c1cc(C#C[Si](C)(C)C)cc(OS(=O)(=O)F)c1.